The van der Waals surface area contributed by atoms with Gasteiger partial charge in [-0.05, 0) is 97.0 Å². The monoisotopic (exact) mass is 536 g/mol. The Balaban J connectivity index is 0. The number of methoxy groups -OCH3 is 1. The van der Waals surface area contributed by atoms with Gasteiger partial charge in [-0.15, -0.1) is 13.2 Å². The van der Waals surface area contributed by atoms with E-state index in [2.05, 4.69) is 37.9 Å². The highest BCUT2D eigenvalue weighted by molar-refractivity contribution is 7.97. The van der Waals surface area contributed by atoms with Crippen molar-refractivity contribution in [3.05, 3.63) is 61.7 Å². The van der Waals surface area contributed by atoms with E-state index in [0.717, 1.165) is 35.7 Å². The molecule has 212 valence electrons. The summed E-state index contributed by atoms with van der Waals surface area (Å²) >= 11 is 1.69. The molecule has 0 atom stereocenters. The van der Waals surface area contributed by atoms with E-state index in [0.29, 0.717) is 12.5 Å². The molecule has 0 aliphatic heterocycles. The van der Waals surface area contributed by atoms with E-state index in [1.807, 2.05) is 71.0 Å². The third-order valence-electron chi connectivity index (χ3n) is 4.38. The summed E-state index contributed by atoms with van der Waals surface area (Å²) in [6, 6.07) is 7.99. The number of hydrogen-bond acceptors (Lipinski definition) is 6. The highest BCUT2D eigenvalue weighted by Crippen LogP contribution is 2.26. The lowest BCUT2D eigenvalue weighted by Gasteiger charge is -2.36. The second-order valence-corrected chi connectivity index (χ2v) is 11.5. The van der Waals surface area contributed by atoms with Gasteiger partial charge in [0, 0.05) is 24.5 Å². The van der Waals surface area contributed by atoms with Crippen LogP contribution >= 0.6 is 11.9 Å². The van der Waals surface area contributed by atoms with Crippen LogP contribution in [0.1, 0.15) is 68.7 Å². The Hall–Kier alpha value is -2.22. The summed E-state index contributed by atoms with van der Waals surface area (Å²) in [7, 11) is 1.66. The predicted molar refractivity (Wildman–Crippen MR) is 160 cm³/mol. The van der Waals surface area contributed by atoms with Crippen molar-refractivity contribution in [1.29, 1.82) is 0 Å². The van der Waals surface area contributed by atoms with Crippen LogP contribution in [-0.4, -0.2) is 58.5 Å². The zero-order valence-electron chi connectivity index (χ0n) is 25.0. The number of amides is 1. The Morgan fingerprint density at radius 2 is 1.65 bits per heavy atom. The molecule has 0 saturated heterocycles. The van der Waals surface area contributed by atoms with Crippen molar-refractivity contribution >= 4 is 18.0 Å². The Labute approximate surface area is 231 Å². The first-order chi connectivity index (χ1) is 17.1. The number of carbonyl (C=O) groups is 1. The molecule has 0 saturated carbocycles. The molecule has 6 nitrogen and oxygen atoms in total. The Kier molecular flexibility index (Phi) is 18.9. The molecular weight excluding hydrogens is 484 g/mol. The van der Waals surface area contributed by atoms with Crippen LogP contribution in [0.2, 0.25) is 0 Å². The molecule has 0 heterocycles. The average molecular weight is 537 g/mol. The number of aliphatic hydroxyl groups is 1. The summed E-state index contributed by atoms with van der Waals surface area (Å²) in [5.41, 5.74) is -0.777. The van der Waals surface area contributed by atoms with Crippen LogP contribution in [0, 0.1) is 5.92 Å². The van der Waals surface area contributed by atoms with Gasteiger partial charge in [0.1, 0.15) is 17.1 Å². The molecule has 37 heavy (non-hydrogen) atoms. The molecule has 0 radical (unpaired) electrons. The zero-order valence-corrected chi connectivity index (χ0v) is 25.8. The highest BCUT2D eigenvalue weighted by Gasteiger charge is 2.32. The van der Waals surface area contributed by atoms with Gasteiger partial charge in [0.05, 0.1) is 7.11 Å². The molecule has 0 aliphatic carbocycles. The molecular formula is C30H52N2O4S. The molecule has 7 heteroatoms. The second kappa shape index (κ2) is 18.9. The molecule has 0 fully saturated rings. The number of allylic oxidation sites excluding steroid dienone is 3. The molecule has 0 aromatic heterocycles. The predicted octanol–water partition coefficient (Wildman–Crippen LogP) is 7.96. The van der Waals surface area contributed by atoms with Crippen molar-refractivity contribution in [3.8, 4) is 5.75 Å². The Morgan fingerprint density at radius 3 is 2.00 bits per heavy atom. The number of rotatable bonds is 11. The standard InChI is InChI=1S/C22H38N2O4S.C6H10.C2H4/c1-17(2)16-23(29-19-12-10-18(27-8)11-13-19)14-9-15-24(22(6,7)26)20(25)28-21(3,4)5;1-4-5-6(2)3;1-2/h10-13,17,26H,9,14-16H2,1-8H3;4-5H,2H2,1,3H3;1-2H2/b;5-4-;. The molecule has 1 N–H and O–H groups in total. The third kappa shape index (κ3) is 19.5. The van der Waals surface area contributed by atoms with Gasteiger partial charge in [-0.1, -0.05) is 38.2 Å². The SMILES string of the molecule is C=C.C=C(C)/C=C\C.COc1ccc(SN(CCCN(C(=O)OC(C)(C)C)C(C)(C)O)CC(C)C)cc1. The summed E-state index contributed by atoms with van der Waals surface area (Å²) < 4.78 is 13.0. The van der Waals surface area contributed by atoms with Gasteiger partial charge in [-0.2, -0.15) is 0 Å². The summed E-state index contributed by atoms with van der Waals surface area (Å²) in [5.74, 6) is 1.35. The van der Waals surface area contributed by atoms with Gasteiger partial charge in [-0.25, -0.2) is 9.10 Å². The van der Waals surface area contributed by atoms with Gasteiger partial charge in [0.15, 0.2) is 0 Å². The van der Waals surface area contributed by atoms with Gasteiger partial charge < -0.3 is 14.6 Å². The van der Waals surface area contributed by atoms with E-state index < -0.39 is 17.4 Å². The minimum Gasteiger partial charge on any atom is -0.497 e. The van der Waals surface area contributed by atoms with Gasteiger partial charge in [0.25, 0.3) is 0 Å². The third-order valence-corrected chi connectivity index (χ3v) is 5.45. The lowest BCUT2D eigenvalue weighted by atomic mass is 10.2. The molecule has 0 bridgehead atoms. The minimum atomic E-state index is -1.28. The summed E-state index contributed by atoms with van der Waals surface area (Å²) in [6.07, 6.45) is 4.17. The van der Waals surface area contributed by atoms with Crippen molar-refractivity contribution < 1.29 is 19.4 Å². The molecule has 1 amide bonds. The largest absolute Gasteiger partial charge is 0.497 e. The Bertz CT molecular complexity index is 793. The van der Waals surface area contributed by atoms with E-state index in [9.17, 15) is 9.90 Å². The fraction of sp³-hybridized carbons (Fsp3) is 0.567. The van der Waals surface area contributed by atoms with Crippen molar-refractivity contribution in [2.24, 2.45) is 5.92 Å². The van der Waals surface area contributed by atoms with Crippen LogP contribution in [0.25, 0.3) is 0 Å². The van der Waals surface area contributed by atoms with E-state index in [-0.39, 0.29) is 0 Å². The number of carbonyl (C=O) groups excluding carboxylic acids is 1. The van der Waals surface area contributed by atoms with Crippen LogP contribution in [0.4, 0.5) is 4.79 Å². The molecule has 0 aliphatic rings. The van der Waals surface area contributed by atoms with Gasteiger partial charge in [-0.3, -0.25) is 4.90 Å². The molecule has 0 spiro atoms. The number of hydrogen-bond donors (Lipinski definition) is 1. The summed E-state index contributed by atoms with van der Waals surface area (Å²) in [5, 5.41) is 10.4. The van der Waals surface area contributed by atoms with E-state index in [1.54, 1.807) is 32.9 Å². The highest BCUT2D eigenvalue weighted by atomic mass is 32.2. The minimum absolute atomic E-state index is 0.413. The van der Waals surface area contributed by atoms with E-state index in [1.165, 1.54) is 4.90 Å². The number of nitrogens with zero attached hydrogens (tertiary/aromatic N) is 2. The first-order valence-corrected chi connectivity index (χ1v) is 13.4. The normalized spacial score (nSPS) is 11.4. The lowest BCUT2D eigenvalue weighted by Crippen LogP contribution is -2.50. The van der Waals surface area contributed by atoms with Crippen LogP contribution in [0.3, 0.4) is 0 Å². The van der Waals surface area contributed by atoms with Crippen LogP contribution in [-0.2, 0) is 4.74 Å². The molecule has 0 unspecified atom stereocenters. The Morgan fingerprint density at radius 1 is 1.11 bits per heavy atom. The van der Waals surface area contributed by atoms with E-state index >= 15 is 0 Å². The quantitative estimate of drug-likeness (QED) is 0.134. The number of benzene rings is 1. The molecule has 1 rings (SSSR count). The second-order valence-electron chi connectivity index (χ2n) is 10.4. The zero-order chi connectivity index (χ0) is 29.2. The van der Waals surface area contributed by atoms with Crippen molar-refractivity contribution in [1.82, 2.24) is 9.21 Å². The van der Waals surface area contributed by atoms with Crippen molar-refractivity contribution in [2.45, 2.75) is 85.0 Å². The molecule has 1 aromatic carbocycles. The first kappa shape index (κ1) is 36.9. The maximum absolute atomic E-state index is 12.5. The summed E-state index contributed by atoms with van der Waals surface area (Å²) in [6.45, 7) is 28.8. The topological polar surface area (TPSA) is 62.2 Å². The van der Waals surface area contributed by atoms with Gasteiger partial charge in [0.2, 0.25) is 0 Å². The smallest absolute Gasteiger partial charge is 0.412 e. The van der Waals surface area contributed by atoms with Crippen LogP contribution < -0.4 is 4.74 Å². The fourth-order valence-electron chi connectivity index (χ4n) is 2.96. The summed E-state index contributed by atoms with van der Waals surface area (Å²) in [4.78, 5) is 15.1. The maximum atomic E-state index is 12.5. The fourth-order valence-corrected chi connectivity index (χ4v) is 4.11. The average Bonchev–Trinajstić information content (AvgIpc) is 2.76. The van der Waals surface area contributed by atoms with Crippen LogP contribution in [0.15, 0.2) is 66.6 Å². The maximum Gasteiger partial charge on any atom is 0.412 e. The number of ether oxygens (including phenoxy) is 2. The lowest BCUT2D eigenvalue weighted by molar-refractivity contribution is -0.0827. The van der Waals surface area contributed by atoms with Gasteiger partial charge >= 0.3 is 6.09 Å². The first-order valence-electron chi connectivity index (χ1n) is 12.7. The molecule has 1 aromatic rings. The van der Waals surface area contributed by atoms with Crippen molar-refractivity contribution in [3.63, 3.8) is 0 Å². The van der Waals surface area contributed by atoms with E-state index in [4.69, 9.17) is 9.47 Å². The van der Waals surface area contributed by atoms with Crippen LogP contribution in [0.5, 0.6) is 5.75 Å². The van der Waals surface area contributed by atoms with Crippen molar-refractivity contribution in [2.75, 3.05) is 26.7 Å².